The molecule has 0 aromatic rings. The summed E-state index contributed by atoms with van der Waals surface area (Å²) in [5, 5.41) is 0. The van der Waals surface area contributed by atoms with Crippen LogP contribution in [0.3, 0.4) is 0 Å². The van der Waals surface area contributed by atoms with Crippen molar-refractivity contribution in [2.24, 2.45) is 5.92 Å². The van der Waals surface area contributed by atoms with Crippen LogP contribution in [-0.2, 0) is 0 Å². The average molecular weight is 187 g/mol. The van der Waals surface area contributed by atoms with Gasteiger partial charge in [-0.15, -0.1) is 0 Å². The van der Waals surface area contributed by atoms with Gasteiger partial charge >= 0.3 is 0 Å². The van der Waals surface area contributed by atoms with Gasteiger partial charge in [0.2, 0.25) is 0 Å². The summed E-state index contributed by atoms with van der Waals surface area (Å²) in [4.78, 5) is 2.49. The summed E-state index contributed by atoms with van der Waals surface area (Å²) < 4.78 is 0. The molecule has 0 spiro atoms. The van der Waals surface area contributed by atoms with E-state index in [1.54, 1.807) is 0 Å². The van der Waals surface area contributed by atoms with Crippen LogP contribution in [0.2, 0.25) is 0 Å². The molecular formula is C12H29N. The van der Waals surface area contributed by atoms with Crippen molar-refractivity contribution < 1.29 is 0 Å². The van der Waals surface area contributed by atoms with Crippen molar-refractivity contribution in [3.05, 3.63) is 0 Å². The lowest BCUT2D eigenvalue weighted by Gasteiger charge is -2.26. The molecule has 0 unspecified atom stereocenters. The molecule has 82 valence electrons. The quantitative estimate of drug-likeness (QED) is 0.647. The van der Waals surface area contributed by atoms with Gasteiger partial charge in [0.15, 0.2) is 0 Å². The van der Waals surface area contributed by atoms with E-state index in [2.05, 4.69) is 53.4 Å². The van der Waals surface area contributed by atoms with Gasteiger partial charge in [-0.2, -0.15) is 0 Å². The third-order valence-electron chi connectivity index (χ3n) is 1.74. The molecule has 0 aliphatic rings. The molecule has 0 fully saturated rings. The van der Waals surface area contributed by atoms with Gasteiger partial charge in [0.1, 0.15) is 0 Å². The zero-order chi connectivity index (χ0) is 10.9. The minimum atomic E-state index is 0.701. The Kier molecular flexibility index (Phi) is 11.9. The third kappa shape index (κ3) is 12.0. The van der Waals surface area contributed by atoms with E-state index in [1.807, 2.05) is 0 Å². The van der Waals surface area contributed by atoms with E-state index in [0.717, 1.165) is 5.92 Å². The highest BCUT2D eigenvalue weighted by molar-refractivity contribution is 4.61. The molecular weight excluding hydrogens is 158 g/mol. The van der Waals surface area contributed by atoms with E-state index in [-0.39, 0.29) is 0 Å². The van der Waals surface area contributed by atoms with Gasteiger partial charge in [0.25, 0.3) is 0 Å². The van der Waals surface area contributed by atoms with Crippen LogP contribution in [-0.4, -0.2) is 24.0 Å². The maximum absolute atomic E-state index is 2.49. The van der Waals surface area contributed by atoms with Gasteiger partial charge in [-0.1, -0.05) is 41.0 Å². The largest absolute Gasteiger partial charge is 0.301 e. The van der Waals surface area contributed by atoms with Gasteiger partial charge < -0.3 is 4.90 Å². The van der Waals surface area contributed by atoms with Crippen LogP contribution in [0.1, 0.15) is 54.9 Å². The van der Waals surface area contributed by atoms with Crippen LogP contribution < -0.4 is 0 Å². The highest BCUT2D eigenvalue weighted by Crippen LogP contribution is 2.02. The average Bonchev–Trinajstić information content (AvgIpc) is 2.00. The first-order chi connectivity index (χ1) is 5.99. The predicted molar refractivity (Wildman–Crippen MR) is 63.2 cm³/mol. The fourth-order valence-electron chi connectivity index (χ4n) is 1.17. The van der Waals surface area contributed by atoms with E-state index < -0.39 is 0 Å². The molecule has 0 bridgehead atoms. The summed E-state index contributed by atoms with van der Waals surface area (Å²) in [7, 11) is 0. The molecule has 0 saturated carbocycles. The minimum Gasteiger partial charge on any atom is -0.301 e. The second-order valence-corrected chi connectivity index (χ2v) is 4.28. The standard InChI is InChI=1S/C9H21N.C3H8/c1-6-10(9(4)5)7-8(2)3;1-3-2/h8-9H,6-7H2,1-5H3;3H2,1-2H3. The van der Waals surface area contributed by atoms with E-state index >= 15 is 0 Å². The molecule has 1 heteroatoms. The van der Waals surface area contributed by atoms with Crippen molar-refractivity contribution in [2.75, 3.05) is 13.1 Å². The zero-order valence-corrected chi connectivity index (χ0v) is 10.7. The Labute approximate surface area is 85.5 Å². The smallest absolute Gasteiger partial charge is 0.00385 e. The summed E-state index contributed by atoms with van der Waals surface area (Å²) >= 11 is 0. The lowest BCUT2D eigenvalue weighted by molar-refractivity contribution is 0.208. The zero-order valence-electron chi connectivity index (χ0n) is 10.7. The first-order valence-electron chi connectivity index (χ1n) is 5.73. The molecule has 1 nitrogen and oxygen atoms in total. The maximum Gasteiger partial charge on any atom is 0.00385 e. The van der Waals surface area contributed by atoms with Gasteiger partial charge in [0.05, 0.1) is 0 Å². The van der Waals surface area contributed by atoms with Crippen molar-refractivity contribution >= 4 is 0 Å². The maximum atomic E-state index is 2.49. The van der Waals surface area contributed by atoms with Gasteiger partial charge in [-0.05, 0) is 26.3 Å². The first-order valence-corrected chi connectivity index (χ1v) is 5.73. The van der Waals surface area contributed by atoms with Crippen molar-refractivity contribution in [3.8, 4) is 0 Å². The van der Waals surface area contributed by atoms with Gasteiger partial charge in [0, 0.05) is 12.6 Å². The number of hydrogen-bond donors (Lipinski definition) is 0. The van der Waals surface area contributed by atoms with Crippen LogP contribution in [0, 0.1) is 5.92 Å². The molecule has 0 amide bonds. The fourth-order valence-corrected chi connectivity index (χ4v) is 1.17. The predicted octanol–water partition coefficient (Wildman–Crippen LogP) is 3.79. The normalized spacial score (nSPS) is 10.6. The molecule has 0 aromatic carbocycles. The summed E-state index contributed by atoms with van der Waals surface area (Å²) in [5.74, 6) is 0.794. The fraction of sp³-hybridized carbons (Fsp3) is 1.00. The Morgan fingerprint density at radius 1 is 0.923 bits per heavy atom. The molecule has 0 saturated heterocycles. The van der Waals surface area contributed by atoms with Crippen molar-refractivity contribution in [1.29, 1.82) is 0 Å². The first kappa shape index (κ1) is 15.4. The van der Waals surface area contributed by atoms with E-state index in [0.29, 0.717) is 6.04 Å². The lowest BCUT2D eigenvalue weighted by atomic mass is 10.2. The Hall–Kier alpha value is -0.0400. The number of nitrogens with zero attached hydrogens (tertiary/aromatic N) is 1. The molecule has 0 aliphatic heterocycles. The second kappa shape index (κ2) is 10.0. The molecule has 13 heavy (non-hydrogen) atoms. The molecule has 0 heterocycles. The SMILES string of the molecule is CCC.CCN(CC(C)C)C(C)C. The van der Waals surface area contributed by atoms with Crippen LogP contribution in [0.15, 0.2) is 0 Å². The third-order valence-corrected chi connectivity index (χ3v) is 1.74. The summed E-state index contributed by atoms with van der Waals surface area (Å²) in [6.45, 7) is 17.9. The van der Waals surface area contributed by atoms with Crippen LogP contribution in [0.5, 0.6) is 0 Å². The van der Waals surface area contributed by atoms with Crippen LogP contribution in [0.25, 0.3) is 0 Å². The van der Waals surface area contributed by atoms with Crippen molar-refractivity contribution in [2.45, 2.75) is 60.9 Å². The van der Waals surface area contributed by atoms with E-state index in [4.69, 9.17) is 0 Å². The molecule has 0 N–H and O–H groups in total. The summed E-state index contributed by atoms with van der Waals surface area (Å²) in [5.41, 5.74) is 0. The van der Waals surface area contributed by atoms with Gasteiger partial charge in [-0.25, -0.2) is 0 Å². The molecule has 0 aliphatic carbocycles. The highest BCUT2D eigenvalue weighted by Gasteiger charge is 2.07. The summed E-state index contributed by atoms with van der Waals surface area (Å²) in [6, 6.07) is 0.701. The second-order valence-electron chi connectivity index (χ2n) is 4.28. The Bertz CT molecular complexity index is 87.1. The highest BCUT2D eigenvalue weighted by atomic mass is 15.1. The Morgan fingerprint density at radius 2 is 1.31 bits per heavy atom. The number of rotatable bonds is 4. The van der Waals surface area contributed by atoms with E-state index in [9.17, 15) is 0 Å². The van der Waals surface area contributed by atoms with Crippen LogP contribution >= 0.6 is 0 Å². The molecule has 0 aromatic heterocycles. The monoisotopic (exact) mass is 187 g/mol. The van der Waals surface area contributed by atoms with Crippen LogP contribution in [0.4, 0.5) is 0 Å². The molecule has 0 atom stereocenters. The molecule has 0 rings (SSSR count). The lowest BCUT2D eigenvalue weighted by Crippen LogP contribution is -2.33. The summed E-state index contributed by atoms with van der Waals surface area (Å²) in [6.07, 6.45) is 1.25. The topological polar surface area (TPSA) is 3.24 Å². The number of hydrogen-bond acceptors (Lipinski definition) is 1. The van der Waals surface area contributed by atoms with Crippen molar-refractivity contribution in [1.82, 2.24) is 4.90 Å². The van der Waals surface area contributed by atoms with Gasteiger partial charge in [-0.3, -0.25) is 0 Å². The van der Waals surface area contributed by atoms with Crippen molar-refractivity contribution in [3.63, 3.8) is 0 Å². The molecule has 0 radical (unpaired) electrons. The Balaban J connectivity index is 0. The van der Waals surface area contributed by atoms with E-state index in [1.165, 1.54) is 19.5 Å². The minimum absolute atomic E-state index is 0.701. The Morgan fingerprint density at radius 3 is 1.38 bits per heavy atom.